The van der Waals surface area contributed by atoms with Gasteiger partial charge >= 0.3 is 18.0 Å². The highest BCUT2D eigenvalue weighted by atomic mass is 16.6. The molecule has 0 saturated carbocycles. The Morgan fingerprint density at radius 2 is 1.73 bits per heavy atom. The van der Waals surface area contributed by atoms with Gasteiger partial charge in [-0.1, -0.05) is 12.1 Å². The molecule has 1 rings (SSSR count). The van der Waals surface area contributed by atoms with E-state index in [9.17, 15) is 14.4 Å². The number of carboxylic acids is 1. The Kier molecular flexibility index (Phi) is 5.91. The van der Waals surface area contributed by atoms with Crippen LogP contribution in [0.1, 0.15) is 36.7 Å². The fourth-order valence-electron chi connectivity index (χ4n) is 1.42. The molecule has 0 aliphatic rings. The summed E-state index contributed by atoms with van der Waals surface area (Å²) >= 11 is 0. The van der Waals surface area contributed by atoms with E-state index in [0.29, 0.717) is 5.56 Å². The van der Waals surface area contributed by atoms with Crippen LogP contribution in [0.4, 0.5) is 4.79 Å². The Morgan fingerprint density at radius 1 is 1.14 bits per heavy atom. The van der Waals surface area contributed by atoms with Gasteiger partial charge in [0.05, 0.1) is 5.56 Å². The zero-order valence-corrected chi connectivity index (χ0v) is 12.7. The van der Waals surface area contributed by atoms with E-state index in [0.717, 1.165) is 0 Å². The van der Waals surface area contributed by atoms with Crippen molar-refractivity contribution in [3.63, 3.8) is 0 Å². The predicted octanol–water partition coefficient (Wildman–Crippen LogP) is 1.95. The normalized spacial score (nSPS) is 10.7. The minimum absolute atomic E-state index is 0.00523. The van der Waals surface area contributed by atoms with Gasteiger partial charge in [-0.3, -0.25) is 4.79 Å². The van der Waals surface area contributed by atoms with Crippen molar-refractivity contribution < 1.29 is 29.0 Å². The molecule has 0 radical (unpaired) electrons. The highest BCUT2D eigenvalue weighted by molar-refractivity contribution is 5.87. The Labute approximate surface area is 128 Å². The molecule has 7 heteroatoms. The molecule has 22 heavy (non-hydrogen) atoms. The summed E-state index contributed by atoms with van der Waals surface area (Å²) in [7, 11) is 0. The Bertz CT molecular complexity index is 544. The smallest absolute Gasteiger partial charge is 0.408 e. The van der Waals surface area contributed by atoms with Gasteiger partial charge in [-0.25, -0.2) is 9.59 Å². The van der Waals surface area contributed by atoms with Gasteiger partial charge in [0.2, 0.25) is 0 Å². The van der Waals surface area contributed by atoms with Crippen molar-refractivity contribution in [2.45, 2.75) is 33.0 Å². The summed E-state index contributed by atoms with van der Waals surface area (Å²) in [5.74, 6) is -1.64. The monoisotopic (exact) mass is 309 g/mol. The molecule has 0 spiro atoms. The lowest BCUT2D eigenvalue weighted by Crippen LogP contribution is -2.36. The number of aromatic carboxylic acids is 1. The van der Waals surface area contributed by atoms with Gasteiger partial charge in [0.25, 0.3) is 0 Å². The summed E-state index contributed by atoms with van der Waals surface area (Å²) in [5, 5.41) is 11.0. The first kappa shape index (κ1) is 17.5. The number of amides is 1. The number of esters is 1. The van der Waals surface area contributed by atoms with Crippen molar-refractivity contribution in [1.29, 1.82) is 0 Å². The molecule has 0 bridgehead atoms. The van der Waals surface area contributed by atoms with Crippen molar-refractivity contribution in [2.75, 3.05) is 6.54 Å². The third-order valence-electron chi connectivity index (χ3n) is 2.38. The van der Waals surface area contributed by atoms with Crippen LogP contribution >= 0.6 is 0 Å². The molecule has 0 aromatic heterocycles. The second-order valence-electron chi connectivity index (χ2n) is 5.52. The van der Waals surface area contributed by atoms with Crippen LogP contribution in [-0.2, 0) is 20.9 Å². The van der Waals surface area contributed by atoms with Crippen molar-refractivity contribution in [3.8, 4) is 0 Å². The van der Waals surface area contributed by atoms with Crippen LogP contribution in [0, 0.1) is 0 Å². The van der Waals surface area contributed by atoms with E-state index >= 15 is 0 Å². The largest absolute Gasteiger partial charge is 0.478 e. The molecular weight excluding hydrogens is 290 g/mol. The van der Waals surface area contributed by atoms with Crippen LogP contribution in [0.2, 0.25) is 0 Å². The molecule has 1 amide bonds. The number of rotatable bonds is 5. The third-order valence-corrected chi connectivity index (χ3v) is 2.38. The van der Waals surface area contributed by atoms with E-state index in [1.54, 1.807) is 32.9 Å². The number of carboxylic acid groups (broad SMARTS) is 1. The summed E-state index contributed by atoms with van der Waals surface area (Å²) in [6.45, 7) is 4.83. The number of hydrogen-bond acceptors (Lipinski definition) is 5. The lowest BCUT2D eigenvalue weighted by Gasteiger charge is -2.19. The summed E-state index contributed by atoms with van der Waals surface area (Å²) in [4.78, 5) is 33.5. The predicted molar refractivity (Wildman–Crippen MR) is 77.4 cm³/mol. The number of carbonyl (C=O) groups is 3. The average Bonchev–Trinajstić information content (AvgIpc) is 2.41. The second-order valence-corrected chi connectivity index (χ2v) is 5.52. The summed E-state index contributed by atoms with van der Waals surface area (Å²) in [6.07, 6.45) is -0.699. The number of nitrogens with one attached hydrogen (secondary N) is 1. The second kappa shape index (κ2) is 7.44. The van der Waals surface area contributed by atoms with Crippen LogP contribution in [0.15, 0.2) is 24.3 Å². The number of benzene rings is 1. The number of carbonyl (C=O) groups excluding carboxylic acids is 2. The summed E-state index contributed by atoms with van der Waals surface area (Å²) in [5.41, 5.74) is 0.164. The van der Waals surface area contributed by atoms with E-state index in [2.05, 4.69) is 5.32 Å². The first-order valence-corrected chi connectivity index (χ1v) is 6.62. The van der Waals surface area contributed by atoms with E-state index < -0.39 is 23.6 Å². The van der Waals surface area contributed by atoms with Gasteiger partial charge in [-0.2, -0.15) is 0 Å². The highest BCUT2D eigenvalue weighted by Gasteiger charge is 2.16. The quantitative estimate of drug-likeness (QED) is 0.806. The Hall–Kier alpha value is -2.57. The molecule has 120 valence electrons. The Balaban J connectivity index is 2.34. The van der Waals surface area contributed by atoms with E-state index in [1.807, 2.05) is 0 Å². The number of ether oxygens (including phenoxy) is 2. The lowest BCUT2D eigenvalue weighted by atomic mass is 10.1. The maximum Gasteiger partial charge on any atom is 0.408 e. The highest BCUT2D eigenvalue weighted by Crippen LogP contribution is 2.07. The van der Waals surface area contributed by atoms with Gasteiger partial charge in [-0.15, -0.1) is 0 Å². The lowest BCUT2D eigenvalue weighted by molar-refractivity contribution is -0.143. The molecule has 0 aliphatic carbocycles. The van der Waals surface area contributed by atoms with Gasteiger partial charge < -0.3 is 19.9 Å². The molecule has 0 unspecified atom stereocenters. The van der Waals surface area contributed by atoms with Crippen molar-refractivity contribution in [1.82, 2.24) is 5.32 Å². The van der Waals surface area contributed by atoms with Crippen molar-refractivity contribution >= 4 is 18.0 Å². The SMILES string of the molecule is CC(C)(C)OC(=O)NCC(=O)OCc1ccc(C(=O)O)cc1. The van der Waals surface area contributed by atoms with Crippen LogP contribution < -0.4 is 5.32 Å². The first-order valence-electron chi connectivity index (χ1n) is 6.62. The molecule has 2 N–H and O–H groups in total. The molecule has 0 heterocycles. The fraction of sp³-hybridized carbons (Fsp3) is 0.400. The topological polar surface area (TPSA) is 102 Å². The van der Waals surface area contributed by atoms with Crippen molar-refractivity contribution in [2.24, 2.45) is 0 Å². The molecule has 0 fully saturated rings. The standard InChI is InChI=1S/C15H19NO6/c1-15(2,3)22-14(20)16-8-12(17)21-9-10-4-6-11(7-5-10)13(18)19/h4-7H,8-9H2,1-3H3,(H,16,20)(H,18,19). The summed E-state index contributed by atoms with van der Waals surface area (Å²) in [6, 6.07) is 5.95. The minimum atomic E-state index is -1.02. The zero-order valence-electron chi connectivity index (χ0n) is 12.7. The fourth-order valence-corrected chi connectivity index (χ4v) is 1.42. The van der Waals surface area contributed by atoms with E-state index in [-0.39, 0.29) is 18.7 Å². The van der Waals surface area contributed by atoms with E-state index in [1.165, 1.54) is 12.1 Å². The average molecular weight is 309 g/mol. The van der Waals surface area contributed by atoms with Gasteiger partial charge in [0.1, 0.15) is 18.8 Å². The zero-order chi connectivity index (χ0) is 16.8. The maximum atomic E-state index is 11.5. The van der Waals surface area contributed by atoms with Gasteiger partial charge in [-0.05, 0) is 38.5 Å². The summed E-state index contributed by atoms with van der Waals surface area (Å²) < 4.78 is 9.93. The van der Waals surface area contributed by atoms with Crippen LogP contribution in [-0.4, -0.2) is 35.3 Å². The molecule has 1 aromatic rings. The molecule has 7 nitrogen and oxygen atoms in total. The minimum Gasteiger partial charge on any atom is -0.478 e. The number of alkyl carbamates (subject to hydrolysis) is 1. The van der Waals surface area contributed by atoms with Crippen molar-refractivity contribution in [3.05, 3.63) is 35.4 Å². The van der Waals surface area contributed by atoms with Crippen LogP contribution in [0.3, 0.4) is 0 Å². The maximum absolute atomic E-state index is 11.5. The van der Waals surface area contributed by atoms with Gasteiger partial charge in [0.15, 0.2) is 0 Å². The van der Waals surface area contributed by atoms with Crippen LogP contribution in [0.5, 0.6) is 0 Å². The van der Waals surface area contributed by atoms with Gasteiger partial charge in [0, 0.05) is 0 Å². The first-order chi connectivity index (χ1) is 10.2. The number of hydrogen-bond donors (Lipinski definition) is 2. The molecule has 0 atom stereocenters. The molecule has 0 saturated heterocycles. The third kappa shape index (κ3) is 6.74. The van der Waals surface area contributed by atoms with Crippen LogP contribution in [0.25, 0.3) is 0 Å². The molecule has 1 aromatic carbocycles. The Morgan fingerprint density at radius 3 is 2.23 bits per heavy atom. The molecular formula is C15H19NO6. The van der Waals surface area contributed by atoms with E-state index in [4.69, 9.17) is 14.6 Å². The molecule has 0 aliphatic heterocycles.